The minimum Gasteiger partial charge on any atom is -0.311 e. The topological polar surface area (TPSA) is 84.7 Å². The second kappa shape index (κ2) is 8.55. The van der Waals surface area contributed by atoms with Crippen LogP contribution < -0.4 is 10.6 Å². The van der Waals surface area contributed by atoms with Crippen molar-refractivity contribution in [3.05, 3.63) is 65.6 Å². The monoisotopic (exact) mass is 364 g/mol. The van der Waals surface area contributed by atoms with E-state index >= 15 is 0 Å². The van der Waals surface area contributed by atoms with Crippen LogP contribution in [0.2, 0.25) is 0 Å². The molecule has 0 bridgehead atoms. The average Bonchev–Trinajstić information content (AvgIpc) is 3.06. The van der Waals surface area contributed by atoms with Crippen LogP contribution in [0.1, 0.15) is 36.3 Å². The standard InChI is InChI=1S/C20H24N6O/c1-14-9-10-18(22-13-14)23-19(27)11-12-21-15(2)20-16(3)24-26(25-20)17-7-5-4-6-8-17/h4-10,13,15,21H,11-12H2,1-3H3,(H,22,23,27). The first-order valence-corrected chi connectivity index (χ1v) is 8.98. The zero-order valence-electron chi connectivity index (χ0n) is 15.8. The van der Waals surface area contributed by atoms with E-state index in [0.29, 0.717) is 18.8 Å². The molecule has 1 aromatic carbocycles. The number of hydrogen-bond acceptors (Lipinski definition) is 5. The summed E-state index contributed by atoms with van der Waals surface area (Å²) in [6.07, 6.45) is 2.08. The first kappa shape index (κ1) is 18.7. The molecule has 1 atom stereocenters. The number of carbonyl (C=O) groups excluding carboxylic acids is 1. The van der Waals surface area contributed by atoms with Crippen LogP contribution in [0.15, 0.2) is 48.7 Å². The van der Waals surface area contributed by atoms with Crippen LogP contribution in [0.4, 0.5) is 5.82 Å². The zero-order chi connectivity index (χ0) is 19.2. The fourth-order valence-electron chi connectivity index (χ4n) is 2.71. The lowest BCUT2D eigenvalue weighted by Crippen LogP contribution is -2.25. The minimum absolute atomic E-state index is 0.00670. The van der Waals surface area contributed by atoms with Crippen LogP contribution in [0.25, 0.3) is 5.69 Å². The Balaban J connectivity index is 1.52. The summed E-state index contributed by atoms with van der Waals surface area (Å²) < 4.78 is 0. The molecule has 7 heteroatoms. The van der Waals surface area contributed by atoms with Crippen LogP contribution in [0, 0.1) is 13.8 Å². The summed E-state index contributed by atoms with van der Waals surface area (Å²) in [6, 6.07) is 13.5. The van der Waals surface area contributed by atoms with E-state index in [1.807, 2.05) is 57.2 Å². The van der Waals surface area contributed by atoms with Crippen molar-refractivity contribution >= 4 is 11.7 Å². The van der Waals surface area contributed by atoms with E-state index in [0.717, 1.165) is 22.6 Å². The summed E-state index contributed by atoms with van der Waals surface area (Å²) in [4.78, 5) is 17.9. The highest BCUT2D eigenvalue weighted by Crippen LogP contribution is 2.15. The van der Waals surface area contributed by atoms with E-state index in [1.165, 1.54) is 0 Å². The lowest BCUT2D eigenvalue weighted by atomic mass is 10.2. The number of amides is 1. The Bertz CT molecular complexity index is 889. The van der Waals surface area contributed by atoms with E-state index in [9.17, 15) is 4.79 Å². The smallest absolute Gasteiger partial charge is 0.226 e. The number of benzene rings is 1. The molecular weight excluding hydrogens is 340 g/mol. The molecule has 0 radical (unpaired) electrons. The molecule has 0 fully saturated rings. The number of nitrogens with zero attached hydrogens (tertiary/aromatic N) is 4. The highest BCUT2D eigenvalue weighted by molar-refractivity contribution is 5.89. The van der Waals surface area contributed by atoms with Crippen LogP contribution in [-0.2, 0) is 4.79 Å². The van der Waals surface area contributed by atoms with Gasteiger partial charge in [0.05, 0.1) is 17.4 Å². The predicted molar refractivity (Wildman–Crippen MR) is 105 cm³/mol. The van der Waals surface area contributed by atoms with Gasteiger partial charge in [-0.2, -0.15) is 15.0 Å². The van der Waals surface area contributed by atoms with Crippen molar-refractivity contribution < 1.29 is 4.79 Å². The molecule has 0 saturated carbocycles. The van der Waals surface area contributed by atoms with Crippen molar-refractivity contribution in [2.75, 3.05) is 11.9 Å². The number of aromatic nitrogens is 4. The van der Waals surface area contributed by atoms with Gasteiger partial charge < -0.3 is 10.6 Å². The van der Waals surface area contributed by atoms with Gasteiger partial charge >= 0.3 is 0 Å². The van der Waals surface area contributed by atoms with E-state index in [4.69, 9.17) is 0 Å². The Kier molecular flexibility index (Phi) is 5.93. The zero-order valence-corrected chi connectivity index (χ0v) is 15.8. The number of pyridine rings is 1. The van der Waals surface area contributed by atoms with Crippen LogP contribution in [-0.4, -0.2) is 32.4 Å². The molecule has 0 spiro atoms. The highest BCUT2D eigenvalue weighted by atomic mass is 16.1. The van der Waals surface area contributed by atoms with Crippen LogP contribution in [0.3, 0.4) is 0 Å². The third-order valence-electron chi connectivity index (χ3n) is 4.20. The maximum atomic E-state index is 12.0. The molecule has 2 aromatic heterocycles. The van der Waals surface area contributed by atoms with Gasteiger partial charge in [0, 0.05) is 19.2 Å². The summed E-state index contributed by atoms with van der Waals surface area (Å²) >= 11 is 0. The Labute approximate surface area is 158 Å². The predicted octanol–water partition coefficient (Wildman–Crippen LogP) is 2.96. The van der Waals surface area contributed by atoms with Crippen molar-refractivity contribution in [1.82, 2.24) is 25.3 Å². The van der Waals surface area contributed by atoms with Gasteiger partial charge in [-0.15, -0.1) is 0 Å². The van der Waals surface area contributed by atoms with Gasteiger partial charge in [0.25, 0.3) is 0 Å². The molecule has 3 rings (SSSR count). The Morgan fingerprint density at radius 2 is 1.89 bits per heavy atom. The number of anilines is 1. The van der Waals surface area contributed by atoms with Gasteiger partial charge in [-0.05, 0) is 44.5 Å². The Morgan fingerprint density at radius 1 is 1.11 bits per heavy atom. The molecule has 0 aliphatic rings. The molecule has 0 aliphatic heterocycles. The van der Waals surface area contributed by atoms with Gasteiger partial charge in [-0.1, -0.05) is 24.3 Å². The summed E-state index contributed by atoms with van der Waals surface area (Å²) in [5, 5.41) is 15.2. The Hall–Kier alpha value is -3.06. The molecule has 2 heterocycles. The van der Waals surface area contributed by atoms with E-state index in [2.05, 4.69) is 25.8 Å². The number of aryl methyl sites for hydroxylation is 2. The second-order valence-electron chi connectivity index (χ2n) is 6.49. The van der Waals surface area contributed by atoms with Gasteiger partial charge in [0.1, 0.15) is 11.5 Å². The third kappa shape index (κ3) is 4.98. The molecule has 2 N–H and O–H groups in total. The van der Waals surface area contributed by atoms with Crippen molar-refractivity contribution in [3.63, 3.8) is 0 Å². The first-order valence-electron chi connectivity index (χ1n) is 8.98. The number of para-hydroxylation sites is 1. The number of nitrogens with one attached hydrogen (secondary N) is 2. The number of hydrogen-bond donors (Lipinski definition) is 2. The lowest BCUT2D eigenvalue weighted by Gasteiger charge is -2.11. The molecular formula is C20H24N6O. The van der Waals surface area contributed by atoms with Crippen LogP contribution >= 0.6 is 0 Å². The maximum Gasteiger partial charge on any atom is 0.226 e. The average molecular weight is 364 g/mol. The fraction of sp³-hybridized carbons (Fsp3) is 0.300. The number of carbonyl (C=O) groups is 1. The molecule has 7 nitrogen and oxygen atoms in total. The normalized spacial score (nSPS) is 12.0. The SMILES string of the molecule is Cc1ccc(NC(=O)CCNC(C)c2nn(-c3ccccc3)nc2C)nc1. The third-order valence-corrected chi connectivity index (χ3v) is 4.20. The summed E-state index contributed by atoms with van der Waals surface area (Å²) in [5.74, 6) is 0.496. The molecule has 0 aliphatic carbocycles. The lowest BCUT2D eigenvalue weighted by molar-refractivity contribution is -0.116. The van der Waals surface area contributed by atoms with Crippen molar-refractivity contribution in [2.45, 2.75) is 33.2 Å². The van der Waals surface area contributed by atoms with E-state index < -0.39 is 0 Å². The molecule has 3 aromatic rings. The molecule has 27 heavy (non-hydrogen) atoms. The molecule has 140 valence electrons. The summed E-state index contributed by atoms with van der Waals surface area (Å²) in [5.41, 5.74) is 3.72. The molecule has 0 saturated heterocycles. The number of rotatable bonds is 7. The fourth-order valence-corrected chi connectivity index (χ4v) is 2.71. The summed E-state index contributed by atoms with van der Waals surface area (Å²) in [6.45, 7) is 6.46. The van der Waals surface area contributed by atoms with Gasteiger partial charge in [0.15, 0.2) is 0 Å². The van der Waals surface area contributed by atoms with E-state index in [1.54, 1.807) is 17.1 Å². The maximum absolute atomic E-state index is 12.0. The molecule has 1 unspecified atom stereocenters. The highest BCUT2D eigenvalue weighted by Gasteiger charge is 2.15. The van der Waals surface area contributed by atoms with Gasteiger partial charge in [-0.25, -0.2) is 4.98 Å². The minimum atomic E-state index is -0.0734. The van der Waals surface area contributed by atoms with Crippen molar-refractivity contribution in [3.8, 4) is 5.69 Å². The van der Waals surface area contributed by atoms with Crippen molar-refractivity contribution in [2.24, 2.45) is 0 Å². The van der Waals surface area contributed by atoms with E-state index in [-0.39, 0.29) is 11.9 Å². The molecule has 1 amide bonds. The van der Waals surface area contributed by atoms with Crippen molar-refractivity contribution in [1.29, 1.82) is 0 Å². The first-order chi connectivity index (χ1) is 13.0. The largest absolute Gasteiger partial charge is 0.311 e. The second-order valence-corrected chi connectivity index (χ2v) is 6.49. The van der Waals surface area contributed by atoms with Gasteiger partial charge in [0.2, 0.25) is 5.91 Å². The quantitative estimate of drug-likeness (QED) is 0.673. The summed E-state index contributed by atoms with van der Waals surface area (Å²) in [7, 11) is 0. The van der Waals surface area contributed by atoms with Gasteiger partial charge in [-0.3, -0.25) is 4.79 Å². The Morgan fingerprint density at radius 3 is 2.59 bits per heavy atom. The van der Waals surface area contributed by atoms with Crippen LogP contribution in [0.5, 0.6) is 0 Å².